The van der Waals surface area contributed by atoms with Crippen LogP contribution < -0.4 is 0 Å². The summed E-state index contributed by atoms with van der Waals surface area (Å²) in [7, 11) is 0. The summed E-state index contributed by atoms with van der Waals surface area (Å²) >= 11 is 1.93. The largest absolute Gasteiger partial charge is 0.388 e. The van der Waals surface area contributed by atoms with Gasteiger partial charge in [-0.05, 0) is 24.0 Å². The Kier molecular flexibility index (Phi) is 7.08. The maximum atomic E-state index is 10.8. The Labute approximate surface area is 118 Å². The Balaban J connectivity index is 2.17. The third kappa shape index (κ3) is 4.77. The fraction of sp³-hybridized carbons (Fsp3) is 1.00. The van der Waals surface area contributed by atoms with Crippen LogP contribution in [0.5, 0.6) is 0 Å². The number of hydrogen-bond donors (Lipinski definition) is 1. The van der Waals surface area contributed by atoms with E-state index < -0.39 is 5.60 Å². The predicted molar refractivity (Wildman–Crippen MR) is 83.3 cm³/mol. The summed E-state index contributed by atoms with van der Waals surface area (Å²) in [6.07, 6.45) is 11.5. The van der Waals surface area contributed by atoms with Gasteiger partial charge in [-0.15, -0.1) is 0 Å². The lowest BCUT2D eigenvalue weighted by atomic mass is 9.71. The highest BCUT2D eigenvalue weighted by Gasteiger charge is 2.44. The van der Waals surface area contributed by atoms with Crippen molar-refractivity contribution < 1.29 is 5.11 Å². The van der Waals surface area contributed by atoms with E-state index >= 15 is 0 Å². The van der Waals surface area contributed by atoms with Crippen molar-refractivity contribution in [3.05, 3.63) is 0 Å². The maximum Gasteiger partial charge on any atom is 0.0788 e. The lowest BCUT2D eigenvalue weighted by Gasteiger charge is -2.46. The van der Waals surface area contributed by atoms with Crippen molar-refractivity contribution in [3.8, 4) is 0 Å². The van der Waals surface area contributed by atoms with E-state index in [0.29, 0.717) is 0 Å². The first kappa shape index (κ1) is 16.4. The lowest BCUT2D eigenvalue weighted by Crippen LogP contribution is -2.49. The van der Waals surface area contributed by atoms with Crippen molar-refractivity contribution in [2.24, 2.45) is 5.41 Å². The van der Waals surface area contributed by atoms with Gasteiger partial charge in [-0.1, -0.05) is 65.7 Å². The Hall–Kier alpha value is 0.310. The van der Waals surface area contributed by atoms with Crippen LogP contribution in [-0.4, -0.2) is 22.2 Å². The molecule has 0 amide bonds. The summed E-state index contributed by atoms with van der Waals surface area (Å²) < 4.78 is 0. The quantitative estimate of drug-likeness (QED) is 0.626. The molecule has 1 nitrogen and oxygen atoms in total. The summed E-state index contributed by atoms with van der Waals surface area (Å²) in [5.74, 6) is 2.15. The predicted octanol–water partition coefficient (Wildman–Crippen LogP) is 5.02. The molecule has 18 heavy (non-hydrogen) atoms. The molecule has 0 saturated carbocycles. The minimum absolute atomic E-state index is 0.112. The summed E-state index contributed by atoms with van der Waals surface area (Å²) in [6.45, 7) is 6.75. The van der Waals surface area contributed by atoms with Gasteiger partial charge < -0.3 is 5.11 Å². The van der Waals surface area contributed by atoms with Gasteiger partial charge in [0, 0.05) is 5.75 Å². The second-order valence-electron chi connectivity index (χ2n) is 6.59. The van der Waals surface area contributed by atoms with Crippen LogP contribution in [0.25, 0.3) is 0 Å². The Bertz CT molecular complexity index is 227. The number of thioether (sulfide) groups is 1. The first-order chi connectivity index (χ1) is 8.52. The van der Waals surface area contributed by atoms with Crippen LogP contribution in [-0.2, 0) is 0 Å². The summed E-state index contributed by atoms with van der Waals surface area (Å²) in [6, 6.07) is 0. The van der Waals surface area contributed by atoms with E-state index in [1.807, 2.05) is 11.8 Å². The second kappa shape index (κ2) is 7.79. The molecule has 1 saturated heterocycles. The molecule has 1 unspecified atom stereocenters. The molecule has 0 aromatic carbocycles. The third-order valence-corrected chi connectivity index (χ3v) is 5.84. The highest BCUT2D eigenvalue weighted by Crippen LogP contribution is 2.44. The molecule has 1 rings (SSSR count). The average Bonchev–Trinajstić information content (AvgIpc) is 2.32. The SMILES string of the molecule is CCCCCCCCCC1(O)CSCCC1(C)C. The zero-order valence-electron chi connectivity index (χ0n) is 12.6. The molecule has 0 bridgehead atoms. The summed E-state index contributed by atoms with van der Waals surface area (Å²) in [5, 5.41) is 10.8. The van der Waals surface area contributed by atoms with Crippen LogP contribution >= 0.6 is 11.8 Å². The molecule has 1 aliphatic heterocycles. The van der Waals surface area contributed by atoms with E-state index in [4.69, 9.17) is 0 Å². The van der Waals surface area contributed by atoms with Crippen LogP contribution in [0, 0.1) is 5.41 Å². The van der Waals surface area contributed by atoms with E-state index in [1.165, 1.54) is 50.7 Å². The minimum Gasteiger partial charge on any atom is -0.388 e. The lowest BCUT2D eigenvalue weighted by molar-refractivity contribution is -0.0599. The van der Waals surface area contributed by atoms with Gasteiger partial charge >= 0.3 is 0 Å². The first-order valence-corrected chi connectivity index (χ1v) is 8.97. The molecule has 1 atom stereocenters. The monoisotopic (exact) mass is 272 g/mol. The average molecular weight is 272 g/mol. The molecule has 0 spiro atoms. The molecule has 2 heteroatoms. The van der Waals surface area contributed by atoms with Gasteiger partial charge in [0.15, 0.2) is 0 Å². The van der Waals surface area contributed by atoms with Crippen molar-refractivity contribution in [1.82, 2.24) is 0 Å². The van der Waals surface area contributed by atoms with Gasteiger partial charge in [-0.2, -0.15) is 11.8 Å². The molecule has 0 aliphatic carbocycles. The van der Waals surface area contributed by atoms with Crippen molar-refractivity contribution in [2.75, 3.05) is 11.5 Å². The number of rotatable bonds is 8. The molecular formula is C16H32OS. The zero-order valence-corrected chi connectivity index (χ0v) is 13.5. The van der Waals surface area contributed by atoms with Crippen LogP contribution in [0.1, 0.15) is 78.6 Å². The van der Waals surface area contributed by atoms with Crippen molar-refractivity contribution >= 4 is 11.8 Å². The standard InChI is InChI=1S/C16H32OS/c1-4-5-6-7-8-9-10-11-16(17)14-18-13-12-15(16,2)3/h17H,4-14H2,1-3H3. The van der Waals surface area contributed by atoms with Crippen molar-refractivity contribution in [2.45, 2.75) is 84.2 Å². The summed E-state index contributed by atoms with van der Waals surface area (Å²) in [5.41, 5.74) is -0.306. The van der Waals surface area contributed by atoms with Crippen LogP contribution in [0.15, 0.2) is 0 Å². The molecule has 1 fully saturated rings. The molecule has 108 valence electrons. The van der Waals surface area contributed by atoms with Gasteiger partial charge in [-0.3, -0.25) is 0 Å². The van der Waals surface area contributed by atoms with Crippen molar-refractivity contribution in [1.29, 1.82) is 0 Å². The van der Waals surface area contributed by atoms with Crippen LogP contribution in [0.4, 0.5) is 0 Å². The molecular weight excluding hydrogens is 240 g/mol. The van der Waals surface area contributed by atoms with Gasteiger partial charge in [0.2, 0.25) is 0 Å². The molecule has 1 N–H and O–H groups in total. The molecule has 1 heterocycles. The zero-order chi connectivity index (χ0) is 13.5. The van der Waals surface area contributed by atoms with E-state index in [0.717, 1.165) is 18.6 Å². The van der Waals surface area contributed by atoms with Gasteiger partial charge in [0.25, 0.3) is 0 Å². The highest BCUT2D eigenvalue weighted by atomic mass is 32.2. The molecule has 0 aromatic rings. The van der Waals surface area contributed by atoms with Crippen LogP contribution in [0.2, 0.25) is 0 Å². The maximum absolute atomic E-state index is 10.8. The van der Waals surface area contributed by atoms with Gasteiger partial charge in [-0.25, -0.2) is 0 Å². The van der Waals surface area contributed by atoms with E-state index in [2.05, 4.69) is 20.8 Å². The first-order valence-electron chi connectivity index (χ1n) is 7.82. The topological polar surface area (TPSA) is 20.2 Å². The minimum atomic E-state index is -0.417. The summed E-state index contributed by atoms with van der Waals surface area (Å²) in [4.78, 5) is 0. The van der Waals surface area contributed by atoms with Gasteiger partial charge in [0.05, 0.1) is 5.60 Å². The number of unbranched alkanes of at least 4 members (excludes halogenated alkanes) is 6. The number of aliphatic hydroxyl groups is 1. The van der Waals surface area contributed by atoms with E-state index in [-0.39, 0.29) is 5.41 Å². The fourth-order valence-electron chi connectivity index (χ4n) is 2.78. The second-order valence-corrected chi connectivity index (χ2v) is 7.69. The molecule has 1 aliphatic rings. The van der Waals surface area contributed by atoms with Gasteiger partial charge in [0.1, 0.15) is 0 Å². The molecule has 0 aromatic heterocycles. The Morgan fingerprint density at radius 1 is 1.00 bits per heavy atom. The molecule has 0 radical (unpaired) electrons. The van der Waals surface area contributed by atoms with Crippen LogP contribution in [0.3, 0.4) is 0 Å². The Morgan fingerprint density at radius 3 is 2.22 bits per heavy atom. The highest BCUT2D eigenvalue weighted by molar-refractivity contribution is 7.99. The number of hydrogen-bond acceptors (Lipinski definition) is 2. The van der Waals surface area contributed by atoms with E-state index in [9.17, 15) is 5.11 Å². The normalized spacial score (nSPS) is 27.3. The van der Waals surface area contributed by atoms with E-state index in [1.54, 1.807) is 0 Å². The smallest absolute Gasteiger partial charge is 0.0788 e. The fourth-order valence-corrected chi connectivity index (χ4v) is 4.45. The Morgan fingerprint density at radius 2 is 1.61 bits per heavy atom. The van der Waals surface area contributed by atoms with Crippen molar-refractivity contribution in [3.63, 3.8) is 0 Å². The third-order valence-electron chi connectivity index (χ3n) is 4.67.